The van der Waals surface area contributed by atoms with Gasteiger partial charge in [0, 0.05) is 27.6 Å². The molecule has 0 fully saturated rings. The fourth-order valence-electron chi connectivity index (χ4n) is 1.92. The van der Waals surface area contributed by atoms with Crippen molar-refractivity contribution in [2.45, 2.75) is 19.4 Å². The average Bonchev–Trinajstić information content (AvgIpc) is 2.59. The van der Waals surface area contributed by atoms with Gasteiger partial charge in [0.1, 0.15) is 0 Å². The van der Waals surface area contributed by atoms with Gasteiger partial charge in [0.15, 0.2) is 0 Å². The Balaban J connectivity index is 2.22. The van der Waals surface area contributed by atoms with Crippen LogP contribution < -0.4 is 5.32 Å². The number of benzene rings is 1. The molecule has 0 radical (unpaired) electrons. The molecule has 1 atom stereocenters. The number of aromatic nitrogens is 1. The number of rotatable bonds is 3. The lowest BCUT2D eigenvalue weighted by atomic mass is 10.1. The second-order valence-electron chi connectivity index (χ2n) is 4.06. The SMILES string of the molecule is C[C@H](Cc1c[nH]c2cc(Br)ccc12)NC(=O)O. The number of hydrogen-bond acceptors (Lipinski definition) is 1. The molecule has 0 aliphatic heterocycles. The Hall–Kier alpha value is -1.49. The Labute approximate surface area is 107 Å². The summed E-state index contributed by atoms with van der Waals surface area (Å²) < 4.78 is 1.02. The number of carbonyl (C=O) groups is 1. The van der Waals surface area contributed by atoms with Crippen LogP contribution >= 0.6 is 15.9 Å². The van der Waals surface area contributed by atoms with E-state index in [0.29, 0.717) is 6.42 Å². The highest BCUT2D eigenvalue weighted by Crippen LogP contribution is 2.23. The number of nitrogens with one attached hydrogen (secondary N) is 2. The molecule has 0 aliphatic rings. The number of hydrogen-bond donors (Lipinski definition) is 3. The molecule has 0 saturated carbocycles. The largest absolute Gasteiger partial charge is 0.465 e. The first-order valence-electron chi connectivity index (χ1n) is 5.31. The predicted octanol–water partition coefficient (Wildman–Crippen LogP) is 3.13. The zero-order valence-corrected chi connectivity index (χ0v) is 10.9. The molecule has 0 unspecified atom stereocenters. The predicted molar refractivity (Wildman–Crippen MR) is 70.3 cm³/mol. The van der Waals surface area contributed by atoms with Gasteiger partial charge in [0.2, 0.25) is 0 Å². The minimum atomic E-state index is -0.986. The van der Waals surface area contributed by atoms with E-state index in [4.69, 9.17) is 5.11 Å². The van der Waals surface area contributed by atoms with Crippen LogP contribution in [0.4, 0.5) is 4.79 Å². The first kappa shape index (κ1) is 12.0. The van der Waals surface area contributed by atoms with Crippen LogP contribution in [0.1, 0.15) is 12.5 Å². The first-order valence-corrected chi connectivity index (χ1v) is 6.10. The lowest BCUT2D eigenvalue weighted by Crippen LogP contribution is -2.32. The van der Waals surface area contributed by atoms with Crippen LogP contribution in [0.2, 0.25) is 0 Å². The summed E-state index contributed by atoms with van der Waals surface area (Å²) in [5, 5.41) is 12.2. The molecule has 2 aromatic rings. The molecule has 1 amide bonds. The Morgan fingerprint density at radius 2 is 2.35 bits per heavy atom. The van der Waals surface area contributed by atoms with Crippen molar-refractivity contribution in [3.63, 3.8) is 0 Å². The third-order valence-electron chi connectivity index (χ3n) is 2.63. The molecule has 0 spiro atoms. The molecule has 5 heteroatoms. The molecular weight excluding hydrogens is 284 g/mol. The molecule has 1 heterocycles. The summed E-state index contributed by atoms with van der Waals surface area (Å²) in [4.78, 5) is 13.7. The van der Waals surface area contributed by atoms with Gasteiger partial charge >= 0.3 is 6.09 Å². The molecule has 2 rings (SSSR count). The van der Waals surface area contributed by atoms with Crippen molar-refractivity contribution < 1.29 is 9.90 Å². The Morgan fingerprint density at radius 3 is 3.06 bits per heavy atom. The number of amides is 1. The summed E-state index contributed by atoms with van der Waals surface area (Å²) in [6, 6.07) is 5.91. The van der Waals surface area contributed by atoms with E-state index in [1.54, 1.807) is 0 Å². The average molecular weight is 297 g/mol. The number of carboxylic acid groups (broad SMARTS) is 1. The van der Waals surface area contributed by atoms with E-state index in [-0.39, 0.29) is 6.04 Å². The fraction of sp³-hybridized carbons (Fsp3) is 0.250. The zero-order valence-electron chi connectivity index (χ0n) is 9.33. The van der Waals surface area contributed by atoms with Gasteiger partial charge in [-0.1, -0.05) is 22.0 Å². The van der Waals surface area contributed by atoms with Gasteiger partial charge in [-0.15, -0.1) is 0 Å². The minimum Gasteiger partial charge on any atom is -0.465 e. The van der Waals surface area contributed by atoms with E-state index in [9.17, 15) is 4.79 Å². The zero-order chi connectivity index (χ0) is 12.4. The van der Waals surface area contributed by atoms with E-state index < -0.39 is 6.09 Å². The van der Waals surface area contributed by atoms with Crippen LogP contribution in [0.3, 0.4) is 0 Å². The fourth-order valence-corrected chi connectivity index (χ4v) is 2.28. The quantitative estimate of drug-likeness (QED) is 0.815. The third-order valence-corrected chi connectivity index (χ3v) is 3.12. The van der Waals surface area contributed by atoms with Crippen molar-refractivity contribution in [3.8, 4) is 0 Å². The number of aromatic amines is 1. The lowest BCUT2D eigenvalue weighted by molar-refractivity contribution is 0.190. The van der Waals surface area contributed by atoms with Crippen molar-refractivity contribution in [1.82, 2.24) is 10.3 Å². The summed E-state index contributed by atoms with van der Waals surface area (Å²) in [6.07, 6.45) is 1.62. The molecule has 0 aliphatic carbocycles. The van der Waals surface area contributed by atoms with Crippen LogP contribution in [0.25, 0.3) is 10.9 Å². The van der Waals surface area contributed by atoms with Gasteiger partial charge < -0.3 is 15.4 Å². The molecule has 4 nitrogen and oxygen atoms in total. The Morgan fingerprint density at radius 1 is 1.59 bits per heavy atom. The normalized spacial score (nSPS) is 12.6. The molecule has 1 aromatic carbocycles. The number of fused-ring (bicyclic) bond motifs is 1. The number of halogens is 1. The van der Waals surface area contributed by atoms with Crippen LogP contribution in [0, 0.1) is 0 Å². The van der Waals surface area contributed by atoms with E-state index in [2.05, 4.69) is 26.2 Å². The Kier molecular flexibility index (Phi) is 3.38. The first-order chi connectivity index (χ1) is 8.06. The van der Waals surface area contributed by atoms with Gasteiger partial charge in [-0.05, 0) is 31.0 Å². The van der Waals surface area contributed by atoms with Gasteiger partial charge in [-0.25, -0.2) is 4.79 Å². The monoisotopic (exact) mass is 296 g/mol. The van der Waals surface area contributed by atoms with E-state index in [0.717, 1.165) is 20.9 Å². The smallest absolute Gasteiger partial charge is 0.404 e. The molecule has 17 heavy (non-hydrogen) atoms. The highest BCUT2D eigenvalue weighted by atomic mass is 79.9. The molecule has 0 bridgehead atoms. The summed E-state index contributed by atoms with van der Waals surface area (Å²) in [6.45, 7) is 1.85. The highest BCUT2D eigenvalue weighted by Gasteiger charge is 2.10. The molecule has 90 valence electrons. The second-order valence-corrected chi connectivity index (χ2v) is 4.97. The van der Waals surface area contributed by atoms with Crippen molar-refractivity contribution in [1.29, 1.82) is 0 Å². The van der Waals surface area contributed by atoms with Gasteiger partial charge in [-0.2, -0.15) is 0 Å². The minimum absolute atomic E-state index is 0.102. The van der Waals surface area contributed by atoms with E-state index in [1.165, 1.54) is 0 Å². The maximum absolute atomic E-state index is 10.5. The Bertz CT molecular complexity index is 550. The van der Waals surface area contributed by atoms with Crippen LogP contribution in [-0.4, -0.2) is 22.2 Å². The van der Waals surface area contributed by atoms with Crippen molar-refractivity contribution >= 4 is 32.9 Å². The van der Waals surface area contributed by atoms with Crippen LogP contribution in [-0.2, 0) is 6.42 Å². The van der Waals surface area contributed by atoms with E-state index in [1.807, 2.05) is 31.3 Å². The van der Waals surface area contributed by atoms with Gasteiger partial charge in [0.05, 0.1) is 0 Å². The molecule has 0 saturated heterocycles. The molecule has 3 N–H and O–H groups in total. The summed E-state index contributed by atoms with van der Waals surface area (Å²) in [5.41, 5.74) is 2.17. The summed E-state index contributed by atoms with van der Waals surface area (Å²) >= 11 is 3.42. The van der Waals surface area contributed by atoms with Crippen molar-refractivity contribution in [2.75, 3.05) is 0 Å². The maximum Gasteiger partial charge on any atom is 0.404 e. The number of H-pyrrole nitrogens is 1. The third kappa shape index (κ3) is 2.79. The lowest BCUT2D eigenvalue weighted by Gasteiger charge is -2.10. The molecular formula is C12H13BrN2O2. The maximum atomic E-state index is 10.5. The second kappa shape index (κ2) is 4.79. The van der Waals surface area contributed by atoms with Crippen LogP contribution in [0.15, 0.2) is 28.9 Å². The standard InChI is InChI=1S/C12H13BrN2O2/c1-7(15-12(16)17)4-8-6-14-11-5-9(13)2-3-10(8)11/h2-3,5-7,14-15H,4H2,1H3,(H,16,17)/t7-/m1/s1. The summed E-state index contributed by atoms with van der Waals surface area (Å²) in [7, 11) is 0. The van der Waals surface area contributed by atoms with Crippen molar-refractivity contribution in [2.24, 2.45) is 0 Å². The van der Waals surface area contributed by atoms with Crippen molar-refractivity contribution in [3.05, 3.63) is 34.4 Å². The van der Waals surface area contributed by atoms with Gasteiger partial charge in [-0.3, -0.25) is 0 Å². The molecule has 1 aromatic heterocycles. The van der Waals surface area contributed by atoms with Crippen LogP contribution in [0.5, 0.6) is 0 Å². The topological polar surface area (TPSA) is 65.1 Å². The summed E-state index contributed by atoms with van der Waals surface area (Å²) in [5.74, 6) is 0. The van der Waals surface area contributed by atoms with Gasteiger partial charge in [0.25, 0.3) is 0 Å². The van der Waals surface area contributed by atoms with E-state index >= 15 is 0 Å². The highest BCUT2D eigenvalue weighted by molar-refractivity contribution is 9.10.